The molecule has 0 saturated heterocycles. The minimum Gasteiger partial charge on any atom is -0.349 e. The highest BCUT2D eigenvalue weighted by Crippen LogP contribution is 2.18. The van der Waals surface area contributed by atoms with E-state index in [4.69, 9.17) is 11.6 Å². The molecule has 0 aliphatic carbocycles. The van der Waals surface area contributed by atoms with Crippen LogP contribution < -0.4 is 5.32 Å². The zero-order chi connectivity index (χ0) is 16.1. The van der Waals surface area contributed by atoms with Crippen LogP contribution in [0.1, 0.15) is 37.4 Å². The maximum atomic E-state index is 12.4. The van der Waals surface area contributed by atoms with E-state index in [1.54, 1.807) is 17.1 Å². The fraction of sp³-hybridized carbons (Fsp3) is 0.412. The molecule has 2 unspecified atom stereocenters. The molecule has 0 radical (unpaired) electrons. The summed E-state index contributed by atoms with van der Waals surface area (Å²) in [6.45, 7) is 6.54. The predicted octanol–water partition coefficient (Wildman–Crippen LogP) is 3.75. The molecular weight excluding hydrogens is 298 g/mol. The molecule has 1 amide bonds. The summed E-state index contributed by atoms with van der Waals surface area (Å²) in [5, 5.41) is 7.81. The Morgan fingerprint density at radius 3 is 2.59 bits per heavy atom. The molecule has 0 fully saturated rings. The summed E-state index contributed by atoms with van der Waals surface area (Å²) in [5.41, 5.74) is 2.35. The maximum absolute atomic E-state index is 12.4. The van der Waals surface area contributed by atoms with Crippen LogP contribution in [0.2, 0.25) is 5.02 Å². The number of hydrogen-bond acceptors (Lipinski definition) is 2. The van der Waals surface area contributed by atoms with Crippen molar-refractivity contribution in [1.29, 1.82) is 0 Å². The van der Waals surface area contributed by atoms with Crippen molar-refractivity contribution in [3.8, 4) is 0 Å². The summed E-state index contributed by atoms with van der Waals surface area (Å²) in [4.78, 5) is 12.4. The van der Waals surface area contributed by atoms with Gasteiger partial charge in [-0.2, -0.15) is 5.10 Å². The Morgan fingerprint density at radius 1 is 1.36 bits per heavy atom. The van der Waals surface area contributed by atoms with Gasteiger partial charge in [0.15, 0.2) is 0 Å². The number of benzene rings is 1. The van der Waals surface area contributed by atoms with E-state index in [2.05, 4.69) is 48.5 Å². The molecule has 2 aromatic rings. The van der Waals surface area contributed by atoms with Gasteiger partial charge < -0.3 is 5.32 Å². The third-order valence-corrected chi connectivity index (χ3v) is 3.91. The second-order valence-corrected chi connectivity index (χ2v) is 6.10. The number of amides is 1. The molecule has 0 bridgehead atoms. The van der Waals surface area contributed by atoms with Crippen molar-refractivity contribution in [2.24, 2.45) is 5.92 Å². The average molecular weight is 320 g/mol. The quantitative estimate of drug-likeness (QED) is 0.881. The second-order valence-electron chi connectivity index (χ2n) is 5.66. The fourth-order valence-electron chi connectivity index (χ4n) is 2.34. The van der Waals surface area contributed by atoms with Crippen LogP contribution in [0.15, 0.2) is 36.7 Å². The Labute approximate surface area is 136 Å². The van der Waals surface area contributed by atoms with Crippen molar-refractivity contribution in [3.63, 3.8) is 0 Å². The minimum absolute atomic E-state index is 0.0269. The molecule has 2 rings (SSSR count). The number of halogens is 1. The lowest BCUT2D eigenvalue weighted by molar-refractivity contribution is -0.125. The average Bonchev–Trinajstić information content (AvgIpc) is 2.90. The Balaban J connectivity index is 1.97. The monoisotopic (exact) mass is 319 g/mol. The van der Waals surface area contributed by atoms with Gasteiger partial charge in [-0.15, -0.1) is 0 Å². The van der Waals surface area contributed by atoms with E-state index in [1.165, 1.54) is 5.56 Å². The van der Waals surface area contributed by atoms with Crippen LogP contribution in [-0.4, -0.2) is 15.7 Å². The lowest BCUT2D eigenvalue weighted by atomic mass is 10.0. The topological polar surface area (TPSA) is 46.9 Å². The lowest BCUT2D eigenvalue weighted by Crippen LogP contribution is -2.34. The number of nitrogens with one attached hydrogen (secondary N) is 1. The first-order chi connectivity index (χ1) is 10.5. The Hall–Kier alpha value is -1.81. The largest absolute Gasteiger partial charge is 0.349 e. The molecular formula is C17H22ClN3O. The fourth-order valence-corrected chi connectivity index (χ4v) is 2.49. The number of carbonyl (C=O) groups is 1. The van der Waals surface area contributed by atoms with Crippen LogP contribution in [0, 0.1) is 12.8 Å². The minimum atomic E-state index is -0.171. The number of aryl methyl sites for hydroxylation is 1. The summed E-state index contributed by atoms with van der Waals surface area (Å²) in [6.07, 6.45) is 4.16. The van der Waals surface area contributed by atoms with Gasteiger partial charge in [-0.1, -0.05) is 55.3 Å². The standard InChI is InChI=1S/C17H22ClN3O/c1-4-16(14-7-5-12(2)6-8-14)20-17(22)13(3)10-21-11-15(18)9-19-21/h5-9,11,13,16H,4,10H2,1-3H3,(H,20,22). The number of aromatic nitrogens is 2. The Bertz CT molecular complexity index is 621. The molecule has 118 valence electrons. The van der Waals surface area contributed by atoms with Crippen molar-refractivity contribution in [3.05, 3.63) is 52.8 Å². The van der Waals surface area contributed by atoms with Gasteiger partial charge in [0.25, 0.3) is 0 Å². The molecule has 22 heavy (non-hydrogen) atoms. The van der Waals surface area contributed by atoms with Gasteiger partial charge in [-0.05, 0) is 18.9 Å². The van der Waals surface area contributed by atoms with Crippen molar-refractivity contribution in [2.45, 2.75) is 39.8 Å². The third kappa shape index (κ3) is 4.34. The van der Waals surface area contributed by atoms with E-state index in [9.17, 15) is 4.79 Å². The molecule has 4 nitrogen and oxygen atoms in total. The van der Waals surface area contributed by atoms with E-state index >= 15 is 0 Å². The summed E-state index contributed by atoms with van der Waals surface area (Å²) in [5.74, 6) is -0.144. The van der Waals surface area contributed by atoms with Gasteiger partial charge in [0.1, 0.15) is 0 Å². The molecule has 0 aliphatic heterocycles. The molecule has 0 saturated carbocycles. The highest BCUT2D eigenvalue weighted by Gasteiger charge is 2.18. The highest BCUT2D eigenvalue weighted by molar-refractivity contribution is 6.30. The van der Waals surface area contributed by atoms with Gasteiger partial charge in [-0.3, -0.25) is 9.48 Å². The summed E-state index contributed by atoms with van der Waals surface area (Å²) < 4.78 is 1.69. The van der Waals surface area contributed by atoms with Gasteiger partial charge in [0.2, 0.25) is 5.91 Å². The van der Waals surface area contributed by atoms with Crippen molar-refractivity contribution in [2.75, 3.05) is 0 Å². The molecule has 1 heterocycles. The summed E-state index contributed by atoms with van der Waals surface area (Å²) >= 11 is 5.84. The van der Waals surface area contributed by atoms with Gasteiger partial charge in [-0.25, -0.2) is 0 Å². The molecule has 1 N–H and O–H groups in total. The maximum Gasteiger partial charge on any atom is 0.225 e. The Kier molecular flexibility index (Phi) is 5.61. The summed E-state index contributed by atoms with van der Waals surface area (Å²) in [7, 11) is 0. The third-order valence-electron chi connectivity index (χ3n) is 3.71. The number of rotatable bonds is 6. The van der Waals surface area contributed by atoms with Crippen molar-refractivity contribution < 1.29 is 4.79 Å². The molecule has 0 spiro atoms. The number of carbonyl (C=O) groups excluding carboxylic acids is 1. The molecule has 1 aromatic carbocycles. The second kappa shape index (κ2) is 7.45. The highest BCUT2D eigenvalue weighted by atomic mass is 35.5. The number of nitrogens with zero attached hydrogens (tertiary/aromatic N) is 2. The van der Waals surface area contributed by atoms with Crippen LogP contribution in [0.5, 0.6) is 0 Å². The van der Waals surface area contributed by atoms with Crippen LogP contribution in [-0.2, 0) is 11.3 Å². The molecule has 1 aromatic heterocycles. The van der Waals surface area contributed by atoms with Crippen molar-refractivity contribution in [1.82, 2.24) is 15.1 Å². The Morgan fingerprint density at radius 2 is 2.05 bits per heavy atom. The first-order valence-electron chi connectivity index (χ1n) is 7.54. The smallest absolute Gasteiger partial charge is 0.225 e. The SMILES string of the molecule is CCC(NC(=O)C(C)Cn1cc(Cl)cn1)c1ccc(C)cc1. The molecule has 0 aliphatic rings. The van der Waals surface area contributed by atoms with E-state index in [-0.39, 0.29) is 17.9 Å². The van der Waals surface area contributed by atoms with Crippen molar-refractivity contribution >= 4 is 17.5 Å². The van der Waals surface area contributed by atoms with E-state index in [1.807, 2.05) is 6.92 Å². The van der Waals surface area contributed by atoms with Gasteiger partial charge in [0, 0.05) is 6.20 Å². The van der Waals surface area contributed by atoms with Gasteiger partial charge in [0.05, 0.1) is 29.7 Å². The lowest BCUT2D eigenvalue weighted by Gasteiger charge is -2.20. The zero-order valence-electron chi connectivity index (χ0n) is 13.2. The molecule has 5 heteroatoms. The summed E-state index contributed by atoms with van der Waals surface area (Å²) in [6, 6.07) is 8.32. The van der Waals surface area contributed by atoms with Gasteiger partial charge >= 0.3 is 0 Å². The zero-order valence-corrected chi connectivity index (χ0v) is 14.0. The number of hydrogen-bond donors (Lipinski definition) is 1. The first-order valence-corrected chi connectivity index (χ1v) is 7.92. The first kappa shape index (κ1) is 16.6. The van der Waals surface area contributed by atoms with E-state index in [0.29, 0.717) is 11.6 Å². The van der Waals surface area contributed by atoms with Crippen LogP contribution in [0.3, 0.4) is 0 Å². The normalized spacial score (nSPS) is 13.6. The van der Waals surface area contributed by atoms with Crippen LogP contribution in [0.4, 0.5) is 0 Å². The molecule has 2 atom stereocenters. The van der Waals surface area contributed by atoms with E-state index in [0.717, 1.165) is 12.0 Å². The van der Waals surface area contributed by atoms with Crippen LogP contribution >= 0.6 is 11.6 Å². The van der Waals surface area contributed by atoms with E-state index < -0.39 is 0 Å². The van der Waals surface area contributed by atoms with Crippen LogP contribution in [0.25, 0.3) is 0 Å². The predicted molar refractivity (Wildman–Crippen MR) is 88.8 cm³/mol.